The highest BCUT2D eigenvalue weighted by atomic mass is 32.2. The van der Waals surface area contributed by atoms with Crippen LogP contribution in [0.4, 0.5) is 13.2 Å². The number of hydrogen-bond donors (Lipinski definition) is 2. The van der Waals surface area contributed by atoms with Crippen LogP contribution >= 0.6 is 11.8 Å². The van der Waals surface area contributed by atoms with Crippen molar-refractivity contribution in [2.45, 2.75) is 11.9 Å². The maximum absolute atomic E-state index is 11.7. The molecule has 0 saturated carbocycles. The summed E-state index contributed by atoms with van der Waals surface area (Å²) in [6.07, 6.45) is 0.762. The largest absolute Gasteiger partial charge is 0.441 e. The van der Waals surface area contributed by atoms with Gasteiger partial charge in [0.25, 0.3) is 0 Å². The number of amides is 1. The summed E-state index contributed by atoms with van der Waals surface area (Å²) in [7, 11) is 0. The van der Waals surface area contributed by atoms with Crippen LogP contribution < -0.4 is 10.6 Å². The number of hydrogen-bond acceptors (Lipinski definition) is 3. The van der Waals surface area contributed by atoms with Crippen LogP contribution in [0, 0.1) is 5.92 Å². The number of thioether (sulfide) groups is 1. The second kappa shape index (κ2) is 5.60. The number of carbonyl (C=O) groups excluding carboxylic acids is 1. The molecular formula is C8H13F3N2OS. The standard InChI is InChI=1S/C8H13F3N2OS/c9-8(10,11)15-4-3-13-7(14)6-1-2-12-5-6/h6,12H,1-5H2,(H,13,14)/t6-/m0/s1. The summed E-state index contributed by atoms with van der Waals surface area (Å²) < 4.78 is 35.2. The van der Waals surface area contributed by atoms with E-state index in [1.165, 1.54) is 0 Å². The smallest absolute Gasteiger partial charge is 0.355 e. The molecule has 1 aliphatic rings. The van der Waals surface area contributed by atoms with Gasteiger partial charge < -0.3 is 10.6 Å². The van der Waals surface area contributed by atoms with Crippen LogP contribution in [0.2, 0.25) is 0 Å². The molecule has 1 amide bonds. The molecule has 1 heterocycles. The van der Waals surface area contributed by atoms with Crippen molar-refractivity contribution < 1.29 is 18.0 Å². The van der Waals surface area contributed by atoms with E-state index in [-0.39, 0.29) is 35.9 Å². The Morgan fingerprint density at radius 3 is 2.80 bits per heavy atom. The van der Waals surface area contributed by atoms with Gasteiger partial charge in [-0.3, -0.25) is 4.79 Å². The average molecular weight is 242 g/mol. The lowest BCUT2D eigenvalue weighted by molar-refractivity contribution is -0.124. The number of alkyl halides is 3. The van der Waals surface area contributed by atoms with E-state index in [9.17, 15) is 18.0 Å². The molecule has 0 unspecified atom stereocenters. The molecule has 0 spiro atoms. The van der Waals surface area contributed by atoms with Gasteiger partial charge >= 0.3 is 5.51 Å². The fourth-order valence-corrected chi connectivity index (χ4v) is 1.80. The zero-order chi connectivity index (χ0) is 11.3. The highest BCUT2D eigenvalue weighted by Gasteiger charge is 2.28. The molecule has 88 valence electrons. The van der Waals surface area contributed by atoms with Crippen LogP contribution in [0.25, 0.3) is 0 Å². The summed E-state index contributed by atoms with van der Waals surface area (Å²) in [5.41, 5.74) is -4.21. The van der Waals surface area contributed by atoms with Crippen LogP contribution in [0.1, 0.15) is 6.42 Å². The molecule has 15 heavy (non-hydrogen) atoms. The van der Waals surface area contributed by atoms with E-state index in [4.69, 9.17) is 0 Å². The van der Waals surface area contributed by atoms with Crippen molar-refractivity contribution in [3.05, 3.63) is 0 Å². The molecule has 0 aromatic heterocycles. The predicted octanol–water partition coefficient (Wildman–Crippen LogP) is 0.965. The quantitative estimate of drug-likeness (QED) is 0.722. The minimum Gasteiger partial charge on any atom is -0.355 e. The fourth-order valence-electron chi connectivity index (χ4n) is 1.36. The van der Waals surface area contributed by atoms with Crippen LogP contribution in [-0.2, 0) is 4.79 Å². The molecule has 3 nitrogen and oxygen atoms in total. The predicted molar refractivity (Wildman–Crippen MR) is 52.5 cm³/mol. The molecule has 1 atom stereocenters. The zero-order valence-electron chi connectivity index (χ0n) is 8.06. The molecule has 7 heteroatoms. The van der Waals surface area contributed by atoms with Crippen LogP contribution in [0.3, 0.4) is 0 Å². The Morgan fingerprint density at radius 1 is 1.53 bits per heavy atom. The van der Waals surface area contributed by atoms with E-state index in [0.717, 1.165) is 13.0 Å². The lowest BCUT2D eigenvalue weighted by Gasteiger charge is -2.10. The number of carbonyl (C=O) groups is 1. The lowest BCUT2D eigenvalue weighted by atomic mass is 10.1. The van der Waals surface area contributed by atoms with Crippen molar-refractivity contribution in [2.24, 2.45) is 5.92 Å². The summed E-state index contributed by atoms with van der Waals surface area (Å²) in [6, 6.07) is 0. The van der Waals surface area contributed by atoms with E-state index in [0.29, 0.717) is 6.54 Å². The number of nitrogens with one attached hydrogen (secondary N) is 2. The Balaban J connectivity index is 2.07. The SMILES string of the molecule is O=C(NCCSC(F)(F)F)[C@H]1CCNC1. The monoisotopic (exact) mass is 242 g/mol. The second-order valence-corrected chi connectivity index (χ2v) is 4.43. The number of halogens is 3. The topological polar surface area (TPSA) is 41.1 Å². The van der Waals surface area contributed by atoms with Gasteiger partial charge in [0.15, 0.2) is 0 Å². The van der Waals surface area contributed by atoms with E-state index in [1.54, 1.807) is 0 Å². The molecule has 1 fully saturated rings. The van der Waals surface area contributed by atoms with Crippen molar-refractivity contribution in [1.29, 1.82) is 0 Å². The van der Waals surface area contributed by atoms with E-state index >= 15 is 0 Å². The second-order valence-electron chi connectivity index (χ2n) is 3.27. The molecule has 0 aromatic carbocycles. The van der Waals surface area contributed by atoms with Crippen molar-refractivity contribution in [3.63, 3.8) is 0 Å². The Bertz CT molecular complexity index is 216. The summed E-state index contributed by atoms with van der Waals surface area (Å²) in [4.78, 5) is 11.3. The van der Waals surface area contributed by atoms with Gasteiger partial charge in [0.2, 0.25) is 5.91 Å². The van der Waals surface area contributed by atoms with Gasteiger partial charge in [0.05, 0.1) is 5.92 Å². The molecular weight excluding hydrogens is 229 g/mol. The maximum Gasteiger partial charge on any atom is 0.441 e. The highest BCUT2D eigenvalue weighted by molar-refractivity contribution is 8.00. The minimum absolute atomic E-state index is 0.0690. The Hall–Kier alpha value is -0.430. The highest BCUT2D eigenvalue weighted by Crippen LogP contribution is 2.29. The molecule has 0 bridgehead atoms. The fraction of sp³-hybridized carbons (Fsp3) is 0.875. The van der Waals surface area contributed by atoms with Crippen LogP contribution in [0.5, 0.6) is 0 Å². The van der Waals surface area contributed by atoms with Crippen molar-refractivity contribution in [3.8, 4) is 0 Å². The van der Waals surface area contributed by atoms with Crippen molar-refractivity contribution >= 4 is 17.7 Å². The molecule has 0 radical (unpaired) electrons. The third kappa shape index (κ3) is 5.27. The molecule has 1 saturated heterocycles. The van der Waals surface area contributed by atoms with Crippen LogP contribution in [-0.4, -0.2) is 36.8 Å². The van der Waals surface area contributed by atoms with E-state index in [1.807, 2.05) is 0 Å². The van der Waals surface area contributed by atoms with Gasteiger partial charge in [-0.15, -0.1) is 0 Å². The first-order chi connectivity index (χ1) is 6.99. The number of rotatable bonds is 4. The van der Waals surface area contributed by atoms with Gasteiger partial charge in [0, 0.05) is 18.8 Å². The average Bonchev–Trinajstić information content (AvgIpc) is 2.63. The van der Waals surface area contributed by atoms with Gasteiger partial charge in [-0.25, -0.2) is 0 Å². The van der Waals surface area contributed by atoms with Gasteiger partial charge in [0.1, 0.15) is 0 Å². The van der Waals surface area contributed by atoms with Gasteiger partial charge in [-0.05, 0) is 24.7 Å². The Labute approximate surface area is 90.2 Å². The van der Waals surface area contributed by atoms with Gasteiger partial charge in [-0.1, -0.05) is 0 Å². The van der Waals surface area contributed by atoms with E-state index < -0.39 is 5.51 Å². The Kier molecular flexibility index (Phi) is 4.72. The first-order valence-electron chi connectivity index (χ1n) is 4.68. The summed E-state index contributed by atoms with van der Waals surface area (Å²) in [5.74, 6) is -0.362. The molecule has 0 aromatic rings. The molecule has 0 aliphatic carbocycles. The van der Waals surface area contributed by atoms with Crippen molar-refractivity contribution in [2.75, 3.05) is 25.4 Å². The molecule has 1 aliphatic heterocycles. The first-order valence-corrected chi connectivity index (χ1v) is 5.67. The molecule has 2 N–H and O–H groups in total. The third-order valence-electron chi connectivity index (χ3n) is 2.10. The van der Waals surface area contributed by atoms with Gasteiger partial charge in [-0.2, -0.15) is 13.2 Å². The third-order valence-corrected chi connectivity index (χ3v) is 2.83. The lowest BCUT2D eigenvalue weighted by Crippen LogP contribution is -2.33. The van der Waals surface area contributed by atoms with Crippen molar-refractivity contribution in [1.82, 2.24) is 10.6 Å². The summed E-state index contributed by atoms with van der Waals surface area (Å²) in [6.45, 7) is 1.49. The first kappa shape index (κ1) is 12.6. The Morgan fingerprint density at radius 2 is 2.27 bits per heavy atom. The normalized spacial score (nSPS) is 21.7. The summed E-state index contributed by atoms with van der Waals surface area (Å²) in [5, 5.41) is 5.52. The van der Waals surface area contributed by atoms with E-state index in [2.05, 4.69) is 10.6 Å². The minimum atomic E-state index is -4.21. The molecule has 1 rings (SSSR count). The summed E-state index contributed by atoms with van der Waals surface area (Å²) >= 11 is -0.112. The zero-order valence-corrected chi connectivity index (χ0v) is 8.88. The van der Waals surface area contributed by atoms with Crippen LogP contribution in [0.15, 0.2) is 0 Å². The maximum atomic E-state index is 11.7.